The lowest BCUT2D eigenvalue weighted by Gasteiger charge is -2.23. The molecular weight excluding hydrogens is 316 g/mol. The third kappa shape index (κ3) is 2.23. The van der Waals surface area contributed by atoms with E-state index in [4.69, 9.17) is 11.6 Å². The summed E-state index contributed by atoms with van der Waals surface area (Å²) in [6.45, 7) is 0.281. The molecule has 21 heavy (non-hydrogen) atoms. The highest BCUT2D eigenvalue weighted by molar-refractivity contribution is 7.89. The molecule has 1 saturated carbocycles. The Balaban J connectivity index is 1.94. The fourth-order valence-corrected chi connectivity index (χ4v) is 5.24. The first-order valence-electron chi connectivity index (χ1n) is 6.70. The SMILES string of the molecule is O=C(O)[C@@]12CCC[C@H]1CN(S(=O)(=O)c1cncc(Cl)c1)C2. The summed E-state index contributed by atoms with van der Waals surface area (Å²) >= 11 is 5.79. The minimum Gasteiger partial charge on any atom is -0.481 e. The topological polar surface area (TPSA) is 87.6 Å². The van der Waals surface area contributed by atoms with Crippen LogP contribution in [0.25, 0.3) is 0 Å². The Morgan fingerprint density at radius 3 is 2.86 bits per heavy atom. The summed E-state index contributed by atoms with van der Waals surface area (Å²) in [5.74, 6) is -1.01. The molecule has 0 bridgehead atoms. The zero-order valence-electron chi connectivity index (χ0n) is 11.2. The molecule has 2 atom stereocenters. The van der Waals surface area contributed by atoms with Gasteiger partial charge < -0.3 is 5.11 Å². The molecule has 8 heteroatoms. The molecule has 0 spiro atoms. The Bertz CT molecular complexity index is 693. The second kappa shape index (κ2) is 4.93. The lowest BCUT2D eigenvalue weighted by Crippen LogP contribution is -2.37. The Morgan fingerprint density at radius 1 is 1.48 bits per heavy atom. The first kappa shape index (κ1) is 14.7. The normalized spacial score (nSPS) is 29.5. The van der Waals surface area contributed by atoms with Crippen molar-refractivity contribution in [2.75, 3.05) is 13.1 Å². The number of nitrogens with zero attached hydrogens (tertiary/aromatic N) is 2. The fourth-order valence-electron chi connectivity index (χ4n) is 3.46. The monoisotopic (exact) mass is 330 g/mol. The number of aliphatic carboxylic acids is 1. The van der Waals surface area contributed by atoms with Crippen LogP contribution >= 0.6 is 11.6 Å². The zero-order chi connectivity index (χ0) is 15.3. The number of pyridine rings is 1. The average molecular weight is 331 g/mol. The number of halogens is 1. The van der Waals surface area contributed by atoms with Crippen LogP contribution < -0.4 is 0 Å². The molecule has 1 aromatic heterocycles. The van der Waals surface area contributed by atoms with Crippen LogP contribution in [0.1, 0.15) is 19.3 Å². The molecule has 1 aromatic rings. The quantitative estimate of drug-likeness (QED) is 0.909. The van der Waals surface area contributed by atoms with Crippen LogP contribution in [-0.2, 0) is 14.8 Å². The van der Waals surface area contributed by atoms with Crippen molar-refractivity contribution in [1.82, 2.24) is 9.29 Å². The van der Waals surface area contributed by atoms with Gasteiger partial charge in [-0.3, -0.25) is 9.78 Å². The molecule has 114 valence electrons. The van der Waals surface area contributed by atoms with E-state index >= 15 is 0 Å². The van der Waals surface area contributed by atoms with E-state index < -0.39 is 21.4 Å². The van der Waals surface area contributed by atoms with E-state index in [1.165, 1.54) is 22.8 Å². The molecule has 2 fully saturated rings. The highest BCUT2D eigenvalue weighted by atomic mass is 35.5. The Kier molecular flexibility index (Phi) is 3.46. The molecule has 0 aromatic carbocycles. The molecule has 1 N–H and O–H groups in total. The van der Waals surface area contributed by atoms with Gasteiger partial charge in [-0.15, -0.1) is 0 Å². The van der Waals surface area contributed by atoms with Crippen LogP contribution in [0.15, 0.2) is 23.4 Å². The van der Waals surface area contributed by atoms with Crippen LogP contribution in [0.2, 0.25) is 5.02 Å². The summed E-state index contributed by atoms with van der Waals surface area (Å²) in [6.07, 6.45) is 4.73. The molecule has 2 heterocycles. The van der Waals surface area contributed by atoms with Gasteiger partial charge in [-0.2, -0.15) is 4.31 Å². The number of hydrogen-bond acceptors (Lipinski definition) is 4. The lowest BCUT2D eigenvalue weighted by molar-refractivity contribution is -0.149. The van der Waals surface area contributed by atoms with Gasteiger partial charge in [-0.1, -0.05) is 18.0 Å². The van der Waals surface area contributed by atoms with Crippen molar-refractivity contribution in [3.05, 3.63) is 23.5 Å². The van der Waals surface area contributed by atoms with E-state index in [-0.39, 0.29) is 28.9 Å². The van der Waals surface area contributed by atoms with Gasteiger partial charge in [0.1, 0.15) is 4.90 Å². The van der Waals surface area contributed by atoms with E-state index in [9.17, 15) is 18.3 Å². The molecule has 0 amide bonds. The van der Waals surface area contributed by atoms with Crippen molar-refractivity contribution in [3.8, 4) is 0 Å². The molecule has 1 aliphatic heterocycles. The summed E-state index contributed by atoms with van der Waals surface area (Å²) in [6, 6.07) is 1.34. The van der Waals surface area contributed by atoms with Gasteiger partial charge in [0.05, 0.1) is 10.4 Å². The Morgan fingerprint density at radius 2 is 2.24 bits per heavy atom. The predicted molar refractivity (Wildman–Crippen MR) is 75.4 cm³/mol. The van der Waals surface area contributed by atoms with Crippen molar-refractivity contribution in [3.63, 3.8) is 0 Å². The van der Waals surface area contributed by atoms with Crippen molar-refractivity contribution >= 4 is 27.6 Å². The molecule has 2 aliphatic rings. The molecule has 3 rings (SSSR count). The summed E-state index contributed by atoms with van der Waals surface area (Å²) < 4.78 is 26.5. The molecular formula is C13H15ClN2O4S. The number of carboxylic acid groups (broad SMARTS) is 1. The number of fused-ring (bicyclic) bond motifs is 1. The number of rotatable bonds is 3. The maximum Gasteiger partial charge on any atom is 0.311 e. The van der Waals surface area contributed by atoms with E-state index in [1.807, 2.05) is 0 Å². The van der Waals surface area contributed by atoms with Crippen LogP contribution in [0, 0.1) is 11.3 Å². The van der Waals surface area contributed by atoms with Gasteiger partial charge in [0.25, 0.3) is 0 Å². The average Bonchev–Trinajstić information content (AvgIpc) is 2.96. The molecule has 0 unspecified atom stereocenters. The smallest absolute Gasteiger partial charge is 0.311 e. The Hall–Kier alpha value is -1.18. The summed E-state index contributed by atoms with van der Waals surface area (Å²) in [5.41, 5.74) is -0.931. The van der Waals surface area contributed by atoms with Gasteiger partial charge in [0.2, 0.25) is 10.0 Å². The van der Waals surface area contributed by atoms with E-state index in [1.54, 1.807) is 0 Å². The minimum atomic E-state index is -3.75. The van der Waals surface area contributed by atoms with Crippen molar-refractivity contribution in [2.24, 2.45) is 11.3 Å². The van der Waals surface area contributed by atoms with Crippen molar-refractivity contribution < 1.29 is 18.3 Å². The first-order valence-corrected chi connectivity index (χ1v) is 8.52. The van der Waals surface area contributed by atoms with E-state index in [0.29, 0.717) is 6.42 Å². The zero-order valence-corrected chi connectivity index (χ0v) is 12.8. The highest BCUT2D eigenvalue weighted by Gasteiger charge is 2.57. The van der Waals surface area contributed by atoms with Crippen LogP contribution in [0.4, 0.5) is 0 Å². The van der Waals surface area contributed by atoms with Crippen LogP contribution in [0.3, 0.4) is 0 Å². The number of carbonyl (C=O) groups is 1. The lowest BCUT2D eigenvalue weighted by atomic mass is 9.81. The van der Waals surface area contributed by atoms with Crippen LogP contribution in [-0.4, -0.2) is 41.9 Å². The van der Waals surface area contributed by atoms with Gasteiger partial charge in [0, 0.05) is 25.5 Å². The molecule has 0 radical (unpaired) electrons. The number of hydrogen-bond donors (Lipinski definition) is 1. The van der Waals surface area contributed by atoms with E-state index in [0.717, 1.165) is 12.8 Å². The van der Waals surface area contributed by atoms with Crippen molar-refractivity contribution in [2.45, 2.75) is 24.2 Å². The van der Waals surface area contributed by atoms with Gasteiger partial charge in [-0.25, -0.2) is 8.42 Å². The standard InChI is InChI=1S/C13H15ClN2O4S/c14-10-4-11(6-15-5-10)21(19,20)16-7-9-2-1-3-13(9,8-16)12(17)18/h4-6,9H,1-3,7-8H2,(H,17,18)/t9-,13+/m0/s1. The summed E-state index contributed by atoms with van der Waals surface area (Å²) in [5, 5.41) is 9.76. The maximum absolute atomic E-state index is 12.6. The maximum atomic E-state index is 12.6. The largest absolute Gasteiger partial charge is 0.481 e. The Labute approximate surface area is 127 Å². The van der Waals surface area contributed by atoms with Gasteiger partial charge in [-0.05, 0) is 24.8 Å². The summed E-state index contributed by atoms with van der Waals surface area (Å²) in [7, 11) is -3.75. The molecule has 1 aliphatic carbocycles. The predicted octanol–water partition coefficient (Wildman–Crippen LogP) is 1.61. The second-order valence-corrected chi connectivity index (χ2v) is 8.06. The third-order valence-corrected chi connectivity index (χ3v) is 6.57. The molecule has 1 saturated heterocycles. The highest BCUT2D eigenvalue weighted by Crippen LogP contribution is 2.50. The fraction of sp³-hybridized carbons (Fsp3) is 0.538. The van der Waals surface area contributed by atoms with E-state index in [2.05, 4.69) is 4.98 Å². The number of carboxylic acids is 1. The van der Waals surface area contributed by atoms with Crippen LogP contribution in [0.5, 0.6) is 0 Å². The second-order valence-electron chi connectivity index (χ2n) is 5.69. The summed E-state index contributed by atoms with van der Waals surface area (Å²) in [4.78, 5) is 15.4. The van der Waals surface area contributed by atoms with Gasteiger partial charge in [0.15, 0.2) is 0 Å². The first-order chi connectivity index (χ1) is 9.86. The minimum absolute atomic E-state index is 0.00973. The number of aromatic nitrogens is 1. The third-order valence-electron chi connectivity index (χ3n) is 4.58. The number of sulfonamides is 1. The van der Waals surface area contributed by atoms with Gasteiger partial charge >= 0.3 is 5.97 Å². The molecule has 6 nitrogen and oxygen atoms in total. The van der Waals surface area contributed by atoms with Crippen molar-refractivity contribution in [1.29, 1.82) is 0 Å².